The van der Waals surface area contributed by atoms with Crippen molar-refractivity contribution in [2.75, 3.05) is 30.8 Å². The van der Waals surface area contributed by atoms with Crippen LogP contribution in [0.4, 0.5) is 5.82 Å². The van der Waals surface area contributed by atoms with Crippen LogP contribution in [0.5, 0.6) is 0 Å². The second kappa shape index (κ2) is 5.89. The maximum Gasteiger partial charge on any atom is 0.261 e. The Morgan fingerprint density at radius 3 is 2.74 bits per heavy atom. The summed E-state index contributed by atoms with van der Waals surface area (Å²) in [5, 5.41) is 3.82. The number of nitrogens with zero attached hydrogens (tertiary/aromatic N) is 5. The minimum Gasteiger partial charge on any atom is -0.353 e. The number of aromatic nitrogens is 3. The molecule has 0 saturated carbocycles. The Hall–Kier alpha value is -2.00. The molecule has 9 heteroatoms. The normalized spacial score (nSPS) is 20.0. The van der Waals surface area contributed by atoms with Gasteiger partial charge in [0.1, 0.15) is 5.82 Å². The van der Waals surface area contributed by atoms with Crippen LogP contribution in [0.2, 0.25) is 0 Å². The number of piperazine rings is 1. The summed E-state index contributed by atoms with van der Waals surface area (Å²) in [6, 6.07) is 3.57. The van der Waals surface area contributed by atoms with Crippen molar-refractivity contribution in [1.82, 2.24) is 19.4 Å². The average molecular weight is 337 g/mol. The molecule has 2 aromatic heterocycles. The second-order valence-corrected chi connectivity index (χ2v) is 7.63. The van der Waals surface area contributed by atoms with Gasteiger partial charge in [-0.3, -0.25) is 0 Å². The Kier molecular flexibility index (Phi) is 4.07. The molecule has 23 heavy (non-hydrogen) atoms. The minimum absolute atomic E-state index is 0.127. The Balaban J connectivity index is 1.89. The molecule has 0 bridgehead atoms. The van der Waals surface area contributed by atoms with Crippen molar-refractivity contribution in [2.24, 2.45) is 0 Å². The van der Waals surface area contributed by atoms with Gasteiger partial charge in [0.15, 0.2) is 5.82 Å². The maximum atomic E-state index is 11.8. The lowest BCUT2D eigenvalue weighted by Gasteiger charge is -2.39. The van der Waals surface area contributed by atoms with E-state index in [4.69, 9.17) is 4.52 Å². The quantitative estimate of drug-likeness (QED) is 0.822. The zero-order chi connectivity index (χ0) is 16.6. The van der Waals surface area contributed by atoms with Crippen LogP contribution in [0.15, 0.2) is 22.9 Å². The Bertz CT molecular complexity index is 804. The summed E-state index contributed by atoms with van der Waals surface area (Å²) >= 11 is 0. The van der Waals surface area contributed by atoms with Crippen molar-refractivity contribution in [3.05, 3.63) is 24.2 Å². The molecule has 1 saturated heterocycles. The molecule has 0 aliphatic carbocycles. The number of sulfonamides is 1. The van der Waals surface area contributed by atoms with Crippen LogP contribution in [0, 0.1) is 6.92 Å². The van der Waals surface area contributed by atoms with E-state index in [1.54, 1.807) is 13.1 Å². The van der Waals surface area contributed by atoms with Crippen LogP contribution in [0.25, 0.3) is 11.5 Å². The predicted molar refractivity (Wildman–Crippen MR) is 85.5 cm³/mol. The van der Waals surface area contributed by atoms with E-state index in [1.165, 1.54) is 10.6 Å². The molecule has 0 amide bonds. The van der Waals surface area contributed by atoms with E-state index in [0.717, 1.165) is 11.4 Å². The molecule has 0 aromatic carbocycles. The minimum atomic E-state index is -3.19. The molecule has 3 heterocycles. The van der Waals surface area contributed by atoms with Gasteiger partial charge in [-0.2, -0.15) is 9.29 Å². The molecular formula is C14H19N5O3S. The summed E-state index contributed by atoms with van der Waals surface area (Å²) < 4.78 is 30.3. The van der Waals surface area contributed by atoms with Gasteiger partial charge in [-0.1, -0.05) is 5.16 Å². The van der Waals surface area contributed by atoms with Crippen LogP contribution in [-0.2, 0) is 10.0 Å². The highest BCUT2D eigenvalue weighted by molar-refractivity contribution is 7.88. The molecule has 1 fully saturated rings. The summed E-state index contributed by atoms with van der Waals surface area (Å²) in [5.41, 5.74) is 0.758. The zero-order valence-electron chi connectivity index (χ0n) is 13.3. The number of aryl methyl sites for hydroxylation is 1. The van der Waals surface area contributed by atoms with Crippen LogP contribution < -0.4 is 4.90 Å². The molecular weight excluding hydrogens is 318 g/mol. The largest absolute Gasteiger partial charge is 0.353 e. The van der Waals surface area contributed by atoms with Crippen molar-refractivity contribution in [2.45, 2.75) is 19.9 Å². The highest BCUT2D eigenvalue weighted by Gasteiger charge is 2.31. The lowest BCUT2D eigenvalue weighted by atomic mass is 10.2. The number of hydrogen-bond donors (Lipinski definition) is 0. The van der Waals surface area contributed by atoms with Crippen molar-refractivity contribution in [3.63, 3.8) is 0 Å². The molecule has 1 atom stereocenters. The van der Waals surface area contributed by atoms with Crippen LogP contribution in [0.3, 0.4) is 0 Å². The van der Waals surface area contributed by atoms with Crippen LogP contribution in [-0.4, -0.2) is 59.8 Å². The van der Waals surface area contributed by atoms with Crippen molar-refractivity contribution in [1.29, 1.82) is 0 Å². The molecule has 8 nitrogen and oxygen atoms in total. The van der Waals surface area contributed by atoms with Crippen LogP contribution in [0.1, 0.15) is 12.7 Å². The number of hydrogen-bond acceptors (Lipinski definition) is 7. The standard InChI is InChI=1S/C14H19N5O3S/c1-10-9-18(7-8-19(10)23(3,20)21)13-12(5-4-6-15-13)14-16-11(2)17-22-14/h4-6,10H,7-9H2,1-3H3/t10-/m0/s1. The molecule has 0 unspecified atom stereocenters. The van der Waals surface area contributed by atoms with Gasteiger partial charge in [0.05, 0.1) is 11.8 Å². The maximum absolute atomic E-state index is 11.8. The second-order valence-electron chi connectivity index (χ2n) is 5.69. The summed E-state index contributed by atoms with van der Waals surface area (Å²) in [5.74, 6) is 1.71. The van der Waals surface area contributed by atoms with Gasteiger partial charge in [0.25, 0.3) is 5.89 Å². The smallest absolute Gasteiger partial charge is 0.261 e. The Labute approximate surface area is 135 Å². The van der Waals surface area contributed by atoms with Gasteiger partial charge >= 0.3 is 0 Å². The summed E-state index contributed by atoms with van der Waals surface area (Å²) in [6.45, 7) is 5.21. The van der Waals surface area contributed by atoms with E-state index >= 15 is 0 Å². The predicted octanol–water partition coefficient (Wildman–Crippen LogP) is 0.910. The zero-order valence-corrected chi connectivity index (χ0v) is 14.1. The van der Waals surface area contributed by atoms with Gasteiger partial charge < -0.3 is 9.42 Å². The fourth-order valence-electron chi connectivity index (χ4n) is 2.85. The molecule has 0 radical (unpaired) electrons. The van der Waals surface area contributed by atoms with Crippen molar-refractivity contribution < 1.29 is 12.9 Å². The first-order chi connectivity index (χ1) is 10.9. The molecule has 124 valence electrons. The SMILES string of the molecule is Cc1noc(-c2cccnc2N2CCN(S(C)(=O)=O)[C@@H](C)C2)n1. The third-order valence-corrected chi connectivity index (χ3v) is 5.23. The monoisotopic (exact) mass is 337 g/mol. The summed E-state index contributed by atoms with van der Waals surface area (Å²) in [6.07, 6.45) is 2.95. The highest BCUT2D eigenvalue weighted by atomic mass is 32.2. The van der Waals surface area contributed by atoms with Gasteiger partial charge in [-0.15, -0.1) is 0 Å². The van der Waals surface area contributed by atoms with E-state index in [2.05, 4.69) is 20.0 Å². The van der Waals surface area contributed by atoms with Crippen molar-refractivity contribution in [3.8, 4) is 11.5 Å². The first-order valence-electron chi connectivity index (χ1n) is 7.33. The van der Waals surface area contributed by atoms with Gasteiger partial charge in [-0.25, -0.2) is 13.4 Å². The summed E-state index contributed by atoms with van der Waals surface area (Å²) in [4.78, 5) is 10.8. The Morgan fingerprint density at radius 2 is 2.13 bits per heavy atom. The van der Waals surface area contributed by atoms with Crippen molar-refractivity contribution >= 4 is 15.8 Å². The van der Waals surface area contributed by atoms with Gasteiger partial charge in [-0.05, 0) is 26.0 Å². The van der Waals surface area contributed by atoms with E-state index in [0.29, 0.717) is 31.3 Å². The number of anilines is 1. The molecule has 0 spiro atoms. The average Bonchev–Trinajstić information content (AvgIpc) is 2.92. The van der Waals surface area contributed by atoms with Gasteiger partial charge in [0, 0.05) is 31.9 Å². The molecule has 1 aliphatic rings. The number of pyridine rings is 1. The molecule has 2 aromatic rings. The highest BCUT2D eigenvalue weighted by Crippen LogP contribution is 2.29. The number of rotatable bonds is 3. The fourth-order valence-corrected chi connectivity index (χ4v) is 3.98. The summed E-state index contributed by atoms with van der Waals surface area (Å²) in [7, 11) is -3.19. The third-order valence-electron chi connectivity index (χ3n) is 3.84. The third kappa shape index (κ3) is 3.20. The lowest BCUT2D eigenvalue weighted by Crippen LogP contribution is -2.54. The molecule has 3 rings (SSSR count). The van der Waals surface area contributed by atoms with E-state index in [-0.39, 0.29) is 6.04 Å². The van der Waals surface area contributed by atoms with E-state index < -0.39 is 10.0 Å². The lowest BCUT2D eigenvalue weighted by molar-refractivity contribution is 0.308. The first kappa shape index (κ1) is 15.9. The topological polar surface area (TPSA) is 92.4 Å². The first-order valence-corrected chi connectivity index (χ1v) is 9.18. The van der Waals surface area contributed by atoms with E-state index in [9.17, 15) is 8.42 Å². The molecule has 0 N–H and O–H groups in total. The Morgan fingerprint density at radius 1 is 1.35 bits per heavy atom. The molecule has 1 aliphatic heterocycles. The van der Waals surface area contributed by atoms with Crippen LogP contribution >= 0.6 is 0 Å². The van der Waals surface area contributed by atoms with E-state index in [1.807, 2.05) is 19.1 Å². The fraction of sp³-hybridized carbons (Fsp3) is 0.500. The van der Waals surface area contributed by atoms with Gasteiger partial charge in [0.2, 0.25) is 10.0 Å².